The van der Waals surface area contributed by atoms with Gasteiger partial charge in [0.1, 0.15) is 0 Å². The summed E-state index contributed by atoms with van der Waals surface area (Å²) in [5, 5.41) is 18.4. The van der Waals surface area contributed by atoms with Gasteiger partial charge < -0.3 is 10.2 Å². The fourth-order valence-corrected chi connectivity index (χ4v) is 0.882. The van der Waals surface area contributed by atoms with Crippen molar-refractivity contribution in [1.82, 2.24) is 0 Å². The molecular weight excluding hydrogens is 140 g/mol. The molecule has 0 bridgehead atoms. The van der Waals surface area contributed by atoms with Crippen LogP contribution in [0.2, 0.25) is 0 Å². The van der Waals surface area contributed by atoms with Crippen LogP contribution >= 0.6 is 0 Å². The van der Waals surface area contributed by atoms with E-state index < -0.39 is 5.60 Å². The van der Waals surface area contributed by atoms with Crippen molar-refractivity contribution in [2.45, 2.75) is 33.3 Å². The average Bonchev–Trinajstić information content (AvgIpc) is 1.79. The van der Waals surface area contributed by atoms with Gasteiger partial charge in [0.15, 0.2) is 0 Å². The molecule has 0 saturated carbocycles. The van der Waals surface area contributed by atoms with Gasteiger partial charge in [0.2, 0.25) is 0 Å². The van der Waals surface area contributed by atoms with Gasteiger partial charge in [0, 0.05) is 5.92 Å². The number of rotatable bonds is 3. The summed E-state index contributed by atoms with van der Waals surface area (Å²) in [7, 11) is 0. The Morgan fingerprint density at radius 1 is 1.45 bits per heavy atom. The number of allylic oxidation sites excluding steroid dienone is 1. The summed E-state index contributed by atoms with van der Waals surface area (Å²) in [5.74, 6) is -0.160. The van der Waals surface area contributed by atoms with Gasteiger partial charge in [0.05, 0.1) is 12.2 Å². The molecule has 0 fully saturated rings. The van der Waals surface area contributed by atoms with Crippen LogP contribution < -0.4 is 0 Å². The lowest BCUT2D eigenvalue weighted by Crippen LogP contribution is -2.32. The molecule has 0 amide bonds. The topological polar surface area (TPSA) is 40.5 Å². The van der Waals surface area contributed by atoms with Gasteiger partial charge >= 0.3 is 0 Å². The molecule has 0 spiro atoms. The first-order chi connectivity index (χ1) is 4.88. The van der Waals surface area contributed by atoms with Crippen molar-refractivity contribution >= 4 is 0 Å². The van der Waals surface area contributed by atoms with E-state index >= 15 is 0 Å². The molecule has 2 heteroatoms. The Morgan fingerprint density at radius 3 is 2.00 bits per heavy atom. The molecule has 11 heavy (non-hydrogen) atoms. The Kier molecular flexibility index (Phi) is 3.76. The minimum Gasteiger partial charge on any atom is -0.396 e. The number of hydrogen-bond donors (Lipinski definition) is 2. The summed E-state index contributed by atoms with van der Waals surface area (Å²) < 4.78 is 0. The first kappa shape index (κ1) is 10.7. The van der Waals surface area contributed by atoms with Gasteiger partial charge in [0.25, 0.3) is 0 Å². The molecule has 1 unspecified atom stereocenters. The minimum atomic E-state index is -0.827. The van der Waals surface area contributed by atoms with Gasteiger partial charge in [-0.1, -0.05) is 11.6 Å². The van der Waals surface area contributed by atoms with Crippen molar-refractivity contribution in [2.24, 2.45) is 5.92 Å². The Hall–Kier alpha value is -0.340. The second kappa shape index (κ2) is 3.88. The Labute approximate surface area is 68.6 Å². The quantitative estimate of drug-likeness (QED) is 0.608. The standard InChI is InChI=1S/C9H18O2/c1-7(2)5-8(6-10)9(3,4)11/h5,8,10-11H,6H2,1-4H3. The van der Waals surface area contributed by atoms with Crippen LogP contribution in [0.3, 0.4) is 0 Å². The normalized spacial score (nSPS) is 14.4. The van der Waals surface area contributed by atoms with Crippen LogP contribution in [0, 0.1) is 5.92 Å². The van der Waals surface area contributed by atoms with Crippen molar-refractivity contribution < 1.29 is 10.2 Å². The van der Waals surface area contributed by atoms with E-state index in [-0.39, 0.29) is 12.5 Å². The molecule has 0 aromatic carbocycles. The third kappa shape index (κ3) is 4.17. The highest BCUT2D eigenvalue weighted by Crippen LogP contribution is 2.18. The molecule has 1 atom stereocenters. The molecule has 0 aromatic rings. The molecular formula is C9H18O2. The highest BCUT2D eigenvalue weighted by atomic mass is 16.3. The Bertz CT molecular complexity index is 138. The van der Waals surface area contributed by atoms with E-state index in [1.54, 1.807) is 13.8 Å². The first-order valence-electron chi connectivity index (χ1n) is 3.86. The van der Waals surface area contributed by atoms with E-state index in [2.05, 4.69) is 0 Å². The third-order valence-corrected chi connectivity index (χ3v) is 1.64. The van der Waals surface area contributed by atoms with Gasteiger partial charge in [-0.25, -0.2) is 0 Å². The van der Waals surface area contributed by atoms with Gasteiger partial charge in [-0.05, 0) is 27.7 Å². The van der Waals surface area contributed by atoms with E-state index in [1.807, 2.05) is 19.9 Å². The molecule has 2 N–H and O–H groups in total. The molecule has 0 rings (SSSR count). The Morgan fingerprint density at radius 2 is 1.91 bits per heavy atom. The summed E-state index contributed by atoms with van der Waals surface area (Å²) in [6.45, 7) is 7.30. The molecule has 2 nitrogen and oxygen atoms in total. The fourth-order valence-electron chi connectivity index (χ4n) is 0.882. The van der Waals surface area contributed by atoms with E-state index in [4.69, 9.17) is 5.11 Å². The zero-order chi connectivity index (χ0) is 9.07. The predicted octanol–water partition coefficient (Wildman–Crippen LogP) is 1.33. The van der Waals surface area contributed by atoms with E-state index in [1.165, 1.54) is 0 Å². The van der Waals surface area contributed by atoms with Crippen molar-refractivity contribution in [3.05, 3.63) is 11.6 Å². The van der Waals surface area contributed by atoms with Gasteiger partial charge in [-0.15, -0.1) is 0 Å². The lowest BCUT2D eigenvalue weighted by atomic mass is 9.90. The van der Waals surface area contributed by atoms with Crippen LogP contribution in [-0.4, -0.2) is 22.4 Å². The maximum atomic E-state index is 9.52. The lowest BCUT2D eigenvalue weighted by molar-refractivity contribution is 0.0129. The SMILES string of the molecule is CC(C)=CC(CO)C(C)(C)O. The number of aliphatic hydroxyl groups is 2. The van der Waals surface area contributed by atoms with Crippen molar-refractivity contribution in [2.75, 3.05) is 6.61 Å². The van der Waals surface area contributed by atoms with Gasteiger partial charge in [-0.3, -0.25) is 0 Å². The molecule has 0 aliphatic heterocycles. The van der Waals surface area contributed by atoms with Crippen LogP contribution in [0.4, 0.5) is 0 Å². The molecule has 0 heterocycles. The Balaban J connectivity index is 4.31. The largest absolute Gasteiger partial charge is 0.396 e. The summed E-state index contributed by atoms with van der Waals surface area (Å²) in [6.07, 6.45) is 1.89. The highest BCUT2D eigenvalue weighted by molar-refractivity contribution is 5.02. The molecule has 0 radical (unpaired) electrons. The van der Waals surface area contributed by atoms with Gasteiger partial charge in [-0.2, -0.15) is 0 Å². The van der Waals surface area contributed by atoms with Crippen molar-refractivity contribution in [1.29, 1.82) is 0 Å². The molecule has 66 valence electrons. The number of hydrogen-bond acceptors (Lipinski definition) is 2. The monoisotopic (exact) mass is 158 g/mol. The van der Waals surface area contributed by atoms with E-state index in [0.29, 0.717) is 0 Å². The van der Waals surface area contributed by atoms with Crippen LogP contribution in [0.5, 0.6) is 0 Å². The number of aliphatic hydroxyl groups excluding tert-OH is 1. The molecule has 0 aromatic heterocycles. The average molecular weight is 158 g/mol. The van der Waals surface area contributed by atoms with E-state index in [9.17, 15) is 5.11 Å². The molecule has 0 aliphatic rings. The zero-order valence-electron chi connectivity index (χ0n) is 7.76. The summed E-state index contributed by atoms with van der Waals surface area (Å²) in [4.78, 5) is 0. The van der Waals surface area contributed by atoms with Crippen molar-refractivity contribution in [3.8, 4) is 0 Å². The second-order valence-corrected chi connectivity index (χ2v) is 3.69. The zero-order valence-corrected chi connectivity index (χ0v) is 7.76. The van der Waals surface area contributed by atoms with Crippen LogP contribution in [0.1, 0.15) is 27.7 Å². The summed E-state index contributed by atoms with van der Waals surface area (Å²) in [6, 6.07) is 0. The lowest BCUT2D eigenvalue weighted by Gasteiger charge is -2.25. The maximum Gasteiger partial charge on any atom is 0.0676 e. The smallest absolute Gasteiger partial charge is 0.0676 e. The summed E-state index contributed by atoms with van der Waals surface area (Å²) >= 11 is 0. The minimum absolute atomic E-state index is 0.00528. The third-order valence-electron chi connectivity index (χ3n) is 1.64. The van der Waals surface area contributed by atoms with E-state index in [0.717, 1.165) is 5.57 Å². The van der Waals surface area contributed by atoms with Crippen molar-refractivity contribution in [3.63, 3.8) is 0 Å². The predicted molar refractivity (Wildman–Crippen MR) is 46.3 cm³/mol. The fraction of sp³-hybridized carbons (Fsp3) is 0.778. The maximum absolute atomic E-state index is 9.52. The van der Waals surface area contributed by atoms with Crippen LogP contribution in [-0.2, 0) is 0 Å². The molecule has 0 saturated heterocycles. The second-order valence-electron chi connectivity index (χ2n) is 3.69. The summed E-state index contributed by atoms with van der Waals surface area (Å²) in [5.41, 5.74) is 0.289. The molecule has 0 aliphatic carbocycles. The van der Waals surface area contributed by atoms with Crippen LogP contribution in [0.25, 0.3) is 0 Å². The highest BCUT2D eigenvalue weighted by Gasteiger charge is 2.23. The van der Waals surface area contributed by atoms with Crippen LogP contribution in [0.15, 0.2) is 11.6 Å². The first-order valence-corrected chi connectivity index (χ1v) is 3.86.